The standard InChI is InChI=1S/C33H22N2O5S2/c34-21-28(42(38,39)27-9-5-2-6-10-27)19-22-11-13-23(14-12-22)20-29-31(41)30(33(37)35-32(29)36)24-15-17-26(18-16-24)40-25-7-3-1-4-8-25/h1-20,30H,(H,35,36,37)/b28-19+,29-20-. The summed E-state index contributed by atoms with van der Waals surface area (Å²) in [6.45, 7) is 0. The molecule has 1 aliphatic rings. The lowest BCUT2D eigenvalue weighted by molar-refractivity contribution is -0.129. The highest BCUT2D eigenvalue weighted by molar-refractivity contribution is 7.95. The molecule has 4 aromatic rings. The Hall–Kier alpha value is -5.17. The zero-order valence-corrected chi connectivity index (χ0v) is 23.6. The molecule has 42 heavy (non-hydrogen) atoms. The van der Waals surface area contributed by atoms with E-state index in [0.29, 0.717) is 28.2 Å². The van der Waals surface area contributed by atoms with Crippen LogP contribution in [0.15, 0.2) is 125 Å². The van der Waals surface area contributed by atoms with Gasteiger partial charge in [-0.15, -0.1) is 0 Å². The molecule has 2 amide bonds. The van der Waals surface area contributed by atoms with Crippen LogP contribution >= 0.6 is 12.2 Å². The molecule has 0 aromatic heterocycles. The Balaban J connectivity index is 1.36. The summed E-state index contributed by atoms with van der Waals surface area (Å²) in [5.41, 5.74) is 1.87. The summed E-state index contributed by atoms with van der Waals surface area (Å²) in [7, 11) is -3.97. The minimum Gasteiger partial charge on any atom is -0.457 e. The zero-order chi connectivity index (χ0) is 29.7. The number of hydrogen-bond donors (Lipinski definition) is 1. The van der Waals surface area contributed by atoms with Crippen LogP contribution in [0, 0.1) is 11.3 Å². The molecule has 1 saturated heterocycles. The molecule has 1 atom stereocenters. The molecule has 1 unspecified atom stereocenters. The van der Waals surface area contributed by atoms with Gasteiger partial charge in [-0.25, -0.2) is 8.42 Å². The molecule has 5 rings (SSSR count). The molecule has 206 valence electrons. The van der Waals surface area contributed by atoms with Crippen LogP contribution < -0.4 is 10.1 Å². The number of carbonyl (C=O) groups excluding carboxylic acids is 2. The lowest BCUT2D eigenvalue weighted by atomic mass is 9.86. The fourth-order valence-electron chi connectivity index (χ4n) is 4.33. The lowest BCUT2D eigenvalue weighted by Gasteiger charge is -2.25. The van der Waals surface area contributed by atoms with Crippen LogP contribution in [0.25, 0.3) is 12.2 Å². The van der Waals surface area contributed by atoms with Gasteiger partial charge in [-0.2, -0.15) is 5.26 Å². The third kappa shape index (κ3) is 6.10. The van der Waals surface area contributed by atoms with Gasteiger partial charge in [0, 0.05) is 4.86 Å². The van der Waals surface area contributed by atoms with E-state index in [-0.39, 0.29) is 15.3 Å². The topological polar surface area (TPSA) is 113 Å². The number of para-hydroxylation sites is 1. The first-order chi connectivity index (χ1) is 20.3. The van der Waals surface area contributed by atoms with Gasteiger partial charge in [-0.3, -0.25) is 14.9 Å². The number of imide groups is 1. The first kappa shape index (κ1) is 28.4. The normalized spacial score (nSPS) is 16.5. The van der Waals surface area contributed by atoms with E-state index in [0.717, 1.165) is 0 Å². The number of amides is 2. The molecule has 0 aliphatic carbocycles. The molecule has 4 aromatic carbocycles. The second-order valence-corrected chi connectivity index (χ2v) is 11.6. The van der Waals surface area contributed by atoms with Crippen molar-refractivity contribution in [1.82, 2.24) is 5.32 Å². The van der Waals surface area contributed by atoms with Crippen molar-refractivity contribution in [3.63, 3.8) is 0 Å². The number of thiocarbonyl (C=S) groups is 1. The largest absolute Gasteiger partial charge is 0.457 e. The SMILES string of the molecule is N#C/C(=C\c1ccc(/C=C2\C(=O)NC(=O)C(c3ccc(Oc4ccccc4)cc3)C2=S)cc1)S(=O)(=O)c1ccccc1. The summed E-state index contributed by atoms with van der Waals surface area (Å²) in [6.07, 6.45) is 2.86. The van der Waals surface area contributed by atoms with Crippen molar-refractivity contribution in [2.45, 2.75) is 10.8 Å². The Labute approximate surface area is 248 Å². The van der Waals surface area contributed by atoms with E-state index in [9.17, 15) is 23.3 Å². The zero-order valence-electron chi connectivity index (χ0n) is 21.9. The number of piperidine rings is 1. The Kier molecular flexibility index (Phi) is 8.20. The maximum atomic E-state index is 12.9. The van der Waals surface area contributed by atoms with E-state index < -0.39 is 32.5 Å². The molecular weight excluding hydrogens is 569 g/mol. The molecule has 0 radical (unpaired) electrons. The molecule has 7 nitrogen and oxygen atoms in total. The first-order valence-corrected chi connectivity index (χ1v) is 14.6. The third-order valence-corrected chi connectivity index (χ3v) is 8.60. The summed E-state index contributed by atoms with van der Waals surface area (Å²) in [4.78, 5) is 25.3. The van der Waals surface area contributed by atoms with Crippen molar-refractivity contribution in [1.29, 1.82) is 5.26 Å². The van der Waals surface area contributed by atoms with Gasteiger partial charge in [-0.05, 0) is 65.2 Å². The number of nitrogens with zero attached hydrogens (tertiary/aromatic N) is 1. The van der Waals surface area contributed by atoms with Crippen LogP contribution in [0.3, 0.4) is 0 Å². The van der Waals surface area contributed by atoms with Crippen LogP contribution in [0.2, 0.25) is 0 Å². The number of nitrogens with one attached hydrogen (secondary N) is 1. The fourth-order valence-corrected chi connectivity index (χ4v) is 5.91. The van der Waals surface area contributed by atoms with Gasteiger partial charge < -0.3 is 4.74 Å². The van der Waals surface area contributed by atoms with Gasteiger partial charge in [0.2, 0.25) is 15.7 Å². The van der Waals surface area contributed by atoms with Crippen molar-refractivity contribution >= 4 is 50.9 Å². The lowest BCUT2D eigenvalue weighted by Crippen LogP contribution is -2.45. The highest BCUT2D eigenvalue weighted by Crippen LogP contribution is 2.30. The summed E-state index contributed by atoms with van der Waals surface area (Å²) in [5.74, 6) is -0.698. The van der Waals surface area contributed by atoms with Gasteiger partial charge in [0.05, 0.1) is 16.4 Å². The van der Waals surface area contributed by atoms with Gasteiger partial charge in [0.25, 0.3) is 5.91 Å². The second kappa shape index (κ2) is 12.1. The second-order valence-electron chi connectivity index (χ2n) is 9.26. The summed E-state index contributed by atoms with van der Waals surface area (Å²) < 4.78 is 31.5. The van der Waals surface area contributed by atoms with E-state index in [4.69, 9.17) is 17.0 Å². The van der Waals surface area contributed by atoms with E-state index >= 15 is 0 Å². The summed E-state index contributed by atoms with van der Waals surface area (Å²) in [5, 5.41) is 11.9. The number of nitriles is 1. The highest BCUT2D eigenvalue weighted by Gasteiger charge is 2.36. The minimum atomic E-state index is -3.97. The van der Waals surface area contributed by atoms with Gasteiger partial charge >= 0.3 is 0 Å². The van der Waals surface area contributed by atoms with E-state index in [1.807, 2.05) is 30.3 Å². The number of allylic oxidation sites excluding steroid dienone is 1. The van der Waals surface area contributed by atoms with Crippen LogP contribution in [0.1, 0.15) is 22.6 Å². The quantitative estimate of drug-likeness (QED) is 0.121. The Morgan fingerprint density at radius 2 is 1.38 bits per heavy atom. The molecule has 1 fully saturated rings. The third-order valence-electron chi connectivity index (χ3n) is 6.46. The summed E-state index contributed by atoms with van der Waals surface area (Å²) >= 11 is 5.61. The van der Waals surface area contributed by atoms with E-state index in [1.165, 1.54) is 18.2 Å². The molecule has 0 bridgehead atoms. The predicted octanol–water partition coefficient (Wildman–Crippen LogP) is 6.01. The molecule has 9 heteroatoms. The van der Waals surface area contributed by atoms with Crippen molar-refractivity contribution in [3.05, 3.63) is 136 Å². The van der Waals surface area contributed by atoms with Crippen molar-refractivity contribution in [2.24, 2.45) is 0 Å². The molecule has 1 heterocycles. The molecule has 0 spiro atoms. The smallest absolute Gasteiger partial charge is 0.259 e. The predicted molar refractivity (Wildman–Crippen MR) is 163 cm³/mol. The van der Waals surface area contributed by atoms with Gasteiger partial charge in [0.15, 0.2) is 0 Å². The Morgan fingerprint density at radius 1 is 0.810 bits per heavy atom. The van der Waals surface area contributed by atoms with Crippen LogP contribution in [0.4, 0.5) is 0 Å². The molecule has 1 N–H and O–H groups in total. The van der Waals surface area contributed by atoms with Crippen molar-refractivity contribution in [3.8, 4) is 17.6 Å². The number of carbonyl (C=O) groups is 2. The number of ether oxygens (including phenoxy) is 1. The summed E-state index contributed by atoms with van der Waals surface area (Å²) in [6, 6.07) is 32.3. The number of rotatable bonds is 7. The first-order valence-electron chi connectivity index (χ1n) is 12.7. The van der Waals surface area contributed by atoms with Crippen molar-refractivity contribution < 1.29 is 22.7 Å². The number of benzene rings is 4. The number of sulfone groups is 1. The maximum Gasteiger partial charge on any atom is 0.259 e. The molecule has 0 saturated carbocycles. The van der Waals surface area contributed by atoms with Crippen molar-refractivity contribution in [2.75, 3.05) is 0 Å². The number of hydrogen-bond acceptors (Lipinski definition) is 7. The average molecular weight is 591 g/mol. The van der Waals surface area contributed by atoms with Gasteiger partial charge in [0.1, 0.15) is 22.5 Å². The van der Waals surface area contributed by atoms with E-state index in [1.54, 1.807) is 78.9 Å². The van der Waals surface area contributed by atoms with Gasteiger partial charge in [-0.1, -0.05) is 85.0 Å². The van der Waals surface area contributed by atoms with Crippen LogP contribution in [0.5, 0.6) is 11.5 Å². The minimum absolute atomic E-state index is 0.0263. The van der Waals surface area contributed by atoms with Crippen LogP contribution in [-0.2, 0) is 19.4 Å². The molecule has 1 aliphatic heterocycles. The molecular formula is C33H22N2O5S2. The Bertz CT molecular complexity index is 1870. The monoisotopic (exact) mass is 590 g/mol. The fraction of sp³-hybridized carbons (Fsp3) is 0.0303. The maximum absolute atomic E-state index is 12.9. The Morgan fingerprint density at radius 3 is 2.00 bits per heavy atom. The van der Waals surface area contributed by atoms with Crippen LogP contribution in [-0.4, -0.2) is 25.1 Å². The highest BCUT2D eigenvalue weighted by atomic mass is 32.2. The van der Waals surface area contributed by atoms with E-state index in [2.05, 4.69) is 5.32 Å². The average Bonchev–Trinajstić information content (AvgIpc) is 3.00.